The van der Waals surface area contributed by atoms with Gasteiger partial charge in [0.2, 0.25) is 0 Å². The predicted octanol–water partition coefficient (Wildman–Crippen LogP) is 3.17. The van der Waals surface area contributed by atoms with Crippen LogP contribution in [0.3, 0.4) is 0 Å². The lowest BCUT2D eigenvalue weighted by atomic mass is 9.89. The Balaban J connectivity index is 1.89. The van der Waals surface area contributed by atoms with Gasteiger partial charge in [0.05, 0.1) is 0 Å². The molecule has 2 atom stereocenters. The molecular weight excluding hydrogens is 208 g/mol. The Bertz CT molecular complexity index is 197. The zero-order valence-corrected chi connectivity index (χ0v) is 11.6. The summed E-state index contributed by atoms with van der Waals surface area (Å²) in [6.07, 6.45) is 12.8. The molecule has 17 heavy (non-hydrogen) atoms. The standard InChI is InChI=1S/C15H30N2/c1-2-11-16-14-9-5-6-10-15(14)17-12-7-3-4-8-13-17/h14-16H,2-13H2,1H3. The van der Waals surface area contributed by atoms with Gasteiger partial charge in [-0.1, -0.05) is 32.6 Å². The van der Waals surface area contributed by atoms with Crippen LogP contribution in [0.1, 0.15) is 64.7 Å². The number of likely N-dealkylation sites (tertiary alicyclic amines) is 1. The first-order chi connectivity index (χ1) is 8.42. The Morgan fingerprint density at radius 3 is 2.35 bits per heavy atom. The minimum absolute atomic E-state index is 0.779. The molecule has 2 rings (SSSR count). The second-order valence-corrected chi connectivity index (χ2v) is 5.86. The van der Waals surface area contributed by atoms with Crippen LogP contribution in [0.15, 0.2) is 0 Å². The van der Waals surface area contributed by atoms with E-state index in [-0.39, 0.29) is 0 Å². The molecular formula is C15H30N2. The van der Waals surface area contributed by atoms with Gasteiger partial charge in [0.15, 0.2) is 0 Å². The Morgan fingerprint density at radius 1 is 0.941 bits per heavy atom. The van der Waals surface area contributed by atoms with Crippen LogP contribution >= 0.6 is 0 Å². The van der Waals surface area contributed by atoms with Gasteiger partial charge >= 0.3 is 0 Å². The van der Waals surface area contributed by atoms with Gasteiger partial charge in [-0.05, 0) is 51.7 Å². The SMILES string of the molecule is CCCNC1CCCCC1N1CCCCCC1. The number of rotatable bonds is 4. The largest absolute Gasteiger partial charge is 0.312 e. The summed E-state index contributed by atoms with van der Waals surface area (Å²) in [5.41, 5.74) is 0. The highest BCUT2D eigenvalue weighted by Gasteiger charge is 2.29. The lowest BCUT2D eigenvalue weighted by Gasteiger charge is -2.40. The summed E-state index contributed by atoms with van der Waals surface area (Å²) in [4.78, 5) is 2.81. The van der Waals surface area contributed by atoms with Crippen molar-refractivity contribution in [1.82, 2.24) is 10.2 Å². The molecule has 100 valence electrons. The first-order valence-electron chi connectivity index (χ1n) is 7.89. The second kappa shape index (κ2) is 7.38. The lowest BCUT2D eigenvalue weighted by Crippen LogP contribution is -2.52. The monoisotopic (exact) mass is 238 g/mol. The van der Waals surface area contributed by atoms with E-state index in [0.29, 0.717) is 0 Å². The molecule has 2 aliphatic rings. The molecule has 1 aliphatic heterocycles. The highest BCUT2D eigenvalue weighted by molar-refractivity contribution is 4.88. The molecule has 1 aliphatic carbocycles. The fourth-order valence-corrected chi connectivity index (χ4v) is 3.54. The van der Waals surface area contributed by atoms with E-state index < -0.39 is 0 Å². The van der Waals surface area contributed by atoms with Gasteiger partial charge in [0.25, 0.3) is 0 Å². The predicted molar refractivity (Wildman–Crippen MR) is 74.4 cm³/mol. The molecule has 1 N–H and O–H groups in total. The maximum absolute atomic E-state index is 3.80. The third-order valence-corrected chi connectivity index (χ3v) is 4.50. The summed E-state index contributed by atoms with van der Waals surface area (Å²) in [5.74, 6) is 0. The quantitative estimate of drug-likeness (QED) is 0.809. The number of nitrogens with zero attached hydrogens (tertiary/aromatic N) is 1. The zero-order valence-electron chi connectivity index (χ0n) is 11.6. The molecule has 2 heteroatoms. The van der Waals surface area contributed by atoms with E-state index >= 15 is 0 Å². The summed E-state index contributed by atoms with van der Waals surface area (Å²) >= 11 is 0. The van der Waals surface area contributed by atoms with Crippen molar-refractivity contribution in [3.05, 3.63) is 0 Å². The van der Waals surface area contributed by atoms with Crippen molar-refractivity contribution in [3.8, 4) is 0 Å². The van der Waals surface area contributed by atoms with Gasteiger partial charge < -0.3 is 5.32 Å². The third-order valence-electron chi connectivity index (χ3n) is 4.50. The van der Waals surface area contributed by atoms with Gasteiger partial charge in [-0.25, -0.2) is 0 Å². The maximum atomic E-state index is 3.80. The molecule has 0 bridgehead atoms. The summed E-state index contributed by atoms with van der Waals surface area (Å²) in [7, 11) is 0. The first-order valence-corrected chi connectivity index (χ1v) is 7.89. The van der Waals surface area contributed by atoms with E-state index in [1.165, 1.54) is 77.4 Å². The minimum Gasteiger partial charge on any atom is -0.312 e. The minimum atomic E-state index is 0.779. The van der Waals surface area contributed by atoms with E-state index in [1.807, 2.05) is 0 Å². The van der Waals surface area contributed by atoms with Gasteiger partial charge in [0.1, 0.15) is 0 Å². The van der Waals surface area contributed by atoms with Gasteiger partial charge in [-0.3, -0.25) is 4.90 Å². The van der Waals surface area contributed by atoms with Crippen LogP contribution in [0.4, 0.5) is 0 Å². The molecule has 0 amide bonds. The van der Waals surface area contributed by atoms with Crippen LogP contribution in [-0.2, 0) is 0 Å². The Hall–Kier alpha value is -0.0800. The molecule has 0 spiro atoms. The molecule has 2 unspecified atom stereocenters. The highest BCUT2D eigenvalue weighted by Crippen LogP contribution is 2.25. The first kappa shape index (κ1) is 13.4. The van der Waals surface area contributed by atoms with Gasteiger partial charge in [0, 0.05) is 12.1 Å². The molecule has 0 aromatic heterocycles. The van der Waals surface area contributed by atoms with Gasteiger partial charge in [-0.2, -0.15) is 0 Å². The Labute approximate surface area is 107 Å². The van der Waals surface area contributed by atoms with Crippen LogP contribution in [0.5, 0.6) is 0 Å². The van der Waals surface area contributed by atoms with Crippen molar-refractivity contribution in [1.29, 1.82) is 0 Å². The fraction of sp³-hybridized carbons (Fsp3) is 1.00. The van der Waals surface area contributed by atoms with Crippen LogP contribution < -0.4 is 5.32 Å². The van der Waals surface area contributed by atoms with E-state index in [2.05, 4.69) is 17.1 Å². The van der Waals surface area contributed by atoms with Crippen LogP contribution in [0.2, 0.25) is 0 Å². The van der Waals surface area contributed by atoms with Crippen molar-refractivity contribution in [3.63, 3.8) is 0 Å². The maximum Gasteiger partial charge on any atom is 0.0249 e. The number of hydrogen-bond donors (Lipinski definition) is 1. The summed E-state index contributed by atoms with van der Waals surface area (Å²) in [5, 5.41) is 3.80. The van der Waals surface area contributed by atoms with E-state index in [9.17, 15) is 0 Å². The Kier molecular flexibility index (Phi) is 5.79. The fourth-order valence-electron chi connectivity index (χ4n) is 3.54. The zero-order chi connectivity index (χ0) is 11.9. The van der Waals surface area contributed by atoms with E-state index in [0.717, 1.165) is 12.1 Å². The summed E-state index contributed by atoms with van der Waals surface area (Å²) in [6.45, 7) is 6.19. The molecule has 1 saturated carbocycles. The van der Waals surface area contributed by atoms with Crippen LogP contribution in [0.25, 0.3) is 0 Å². The molecule has 2 nitrogen and oxygen atoms in total. The van der Waals surface area contributed by atoms with Crippen molar-refractivity contribution in [2.24, 2.45) is 0 Å². The molecule has 1 heterocycles. The molecule has 0 aromatic rings. The van der Waals surface area contributed by atoms with Crippen LogP contribution in [-0.4, -0.2) is 36.6 Å². The topological polar surface area (TPSA) is 15.3 Å². The Morgan fingerprint density at radius 2 is 1.65 bits per heavy atom. The highest BCUT2D eigenvalue weighted by atomic mass is 15.2. The number of hydrogen-bond acceptors (Lipinski definition) is 2. The normalized spacial score (nSPS) is 32.3. The van der Waals surface area contributed by atoms with Crippen molar-refractivity contribution in [2.75, 3.05) is 19.6 Å². The van der Waals surface area contributed by atoms with Crippen molar-refractivity contribution >= 4 is 0 Å². The van der Waals surface area contributed by atoms with E-state index in [4.69, 9.17) is 0 Å². The molecule has 1 saturated heterocycles. The third kappa shape index (κ3) is 3.96. The molecule has 0 aromatic carbocycles. The van der Waals surface area contributed by atoms with Gasteiger partial charge in [-0.15, -0.1) is 0 Å². The number of nitrogens with one attached hydrogen (secondary N) is 1. The average molecular weight is 238 g/mol. The van der Waals surface area contributed by atoms with Crippen molar-refractivity contribution in [2.45, 2.75) is 76.8 Å². The lowest BCUT2D eigenvalue weighted by molar-refractivity contribution is 0.125. The average Bonchev–Trinajstić information content (AvgIpc) is 2.65. The summed E-state index contributed by atoms with van der Waals surface area (Å²) in [6, 6.07) is 1.62. The smallest absolute Gasteiger partial charge is 0.0249 e. The van der Waals surface area contributed by atoms with Crippen molar-refractivity contribution < 1.29 is 0 Å². The van der Waals surface area contributed by atoms with E-state index in [1.54, 1.807) is 0 Å². The summed E-state index contributed by atoms with van der Waals surface area (Å²) < 4.78 is 0. The second-order valence-electron chi connectivity index (χ2n) is 5.86. The molecule has 0 radical (unpaired) electrons. The molecule has 2 fully saturated rings. The van der Waals surface area contributed by atoms with Crippen LogP contribution in [0, 0.1) is 0 Å².